The molecule has 0 spiro atoms. The molecule has 1 heterocycles. The molecule has 64 valence electrons. The second-order valence-corrected chi connectivity index (χ2v) is 4.73. The van der Waals surface area contributed by atoms with E-state index in [-0.39, 0.29) is 0 Å². The molecule has 0 aliphatic heterocycles. The monoisotopic (exact) mass is 294 g/mol. The van der Waals surface area contributed by atoms with Crippen molar-refractivity contribution in [1.82, 2.24) is 9.97 Å². The molecule has 6 heteroatoms. The molecule has 4 nitrogen and oxygen atoms in total. The van der Waals surface area contributed by atoms with Gasteiger partial charge in [-0.1, -0.05) is 0 Å². The second-order valence-electron chi connectivity index (χ2n) is 1.96. The quantitative estimate of drug-likeness (QED) is 0.816. The lowest BCUT2D eigenvalue weighted by Crippen LogP contribution is -2.22. The Bertz CT molecular complexity index is 414. The number of hydrogen-bond acceptors (Lipinski definition) is 2. The highest BCUT2D eigenvalue weighted by Gasteiger charge is 1.95. The van der Waals surface area contributed by atoms with E-state index in [4.69, 9.17) is 0 Å². The van der Waals surface area contributed by atoms with E-state index in [0.29, 0.717) is 8.96 Å². The van der Waals surface area contributed by atoms with E-state index in [9.17, 15) is 9.59 Å². The zero-order chi connectivity index (χ0) is 9.14. The highest BCUT2D eigenvalue weighted by molar-refractivity contribution is 9.28. The second kappa shape index (κ2) is 3.86. The number of rotatable bonds is 1. The molecule has 1 aromatic rings. The highest BCUT2D eigenvalue weighted by Crippen LogP contribution is 2.15. The lowest BCUT2D eigenvalue weighted by atomic mass is 10.3. The topological polar surface area (TPSA) is 65.7 Å². The molecule has 1 aromatic heterocycles. The van der Waals surface area contributed by atoms with Crippen molar-refractivity contribution in [2.24, 2.45) is 0 Å². The molecule has 0 bridgehead atoms. The summed E-state index contributed by atoms with van der Waals surface area (Å²) in [5.41, 5.74) is -0.559. The lowest BCUT2D eigenvalue weighted by Gasteiger charge is -1.89. The van der Waals surface area contributed by atoms with Crippen molar-refractivity contribution in [3.8, 4) is 0 Å². The molecule has 2 N–H and O–H groups in total. The zero-order valence-corrected chi connectivity index (χ0v) is 8.90. The van der Waals surface area contributed by atoms with Crippen molar-refractivity contribution in [1.29, 1.82) is 0 Å². The number of aromatic amines is 2. The minimum atomic E-state index is -0.511. The van der Waals surface area contributed by atoms with Crippen LogP contribution in [0.15, 0.2) is 19.2 Å². The Morgan fingerprint density at radius 1 is 1.42 bits per heavy atom. The van der Waals surface area contributed by atoms with Crippen molar-refractivity contribution < 1.29 is 0 Å². The van der Waals surface area contributed by atoms with Crippen molar-refractivity contribution in [3.05, 3.63) is 36.0 Å². The van der Waals surface area contributed by atoms with Crippen molar-refractivity contribution in [3.63, 3.8) is 0 Å². The normalized spacial score (nSPS) is 9.50. The van der Waals surface area contributed by atoms with Gasteiger partial charge in [0.2, 0.25) is 0 Å². The predicted molar refractivity (Wildman–Crippen MR) is 53.5 cm³/mol. The summed E-state index contributed by atoms with van der Waals surface area (Å²) in [5.74, 6) is 0. The van der Waals surface area contributed by atoms with Gasteiger partial charge >= 0.3 is 5.69 Å². The number of nitrogens with one attached hydrogen (secondary N) is 2. The molecule has 0 aromatic carbocycles. The maximum absolute atomic E-state index is 11.0. The number of aromatic nitrogens is 2. The van der Waals surface area contributed by atoms with Crippen LogP contribution in [0.25, 0.3) is 6.08 Å². The van der Waals surface area contributed by atoms with Gasteiger partial charge < -0.3 is 4.98 Å². The number of H-pyrrole nitrogens is 2. The smallest absolute Gasteiger partial charge is 0.314 e. The summed E-state index contributed by atoms with van der Waals surface area (Å²) in [5, 5.41) is 0. The van der Waals surface area contributed by atoms with Gasteiger partial charge in [0.05, 0.1) is 8.96 Å². The fraction of sp³-hybridized carbons (Fsp3) is 0. The van der Waals surface area contributed by atoms with Crippen LogP contribution in [-0.4, -0.2) is 9.97 Å². The largest absolute Gasteiger partial charge is 0.325 e. The summed E-state index contributed by atoms with van der Waals surface area (Å²) in [6.45, 7) is 0. The molecular weight excluding hydrogens is 292 g/mol. The maximum Gasteiger partial charge on any atom is 0.325 e. The molecule has 0 aliphatic carbocycles. The Labute approximate surface area is 84.0 Å². The minimum absolute atomic E-state index is 0.373. The van der Waals surface area contributed by atoms with E-state index >= 15 is 0 Å². The SMILES string of the molecule is O=c1[nH]cc(C=C(Br)Br)c(=O)[nH]1. The average molecular weight is 296 g/mol. The average Bonchev–Trinajstić information content (AvgIpc) is 1.94. The first-order chi connectivity index (χ1) is 5.59. The third kappa shape index (κ3) is 2.46. The van der Waals surface area contributed by atoms with Gasteiger partial charge in [-0.2, -0.15) is 0 Å². The molecule has 0 radical (unpaired) electrons. The summed E-state index contributed by atoms with van der Waals surface area (Å²) < 4.78 is 0.632. The van der Waals surface area contributed by atoms with E-state index < -0.39 is 11.2 Å². The molecule has 1 rings (SSSR count). The van der Waals surface area contributed by atoms with Gasteiger partial charge in [0.1, 0.15) is 0 Å². The number of hydrogen-bond donors (Lipinski definition) is 2. The fourth-order valence-corrected chi connectivity index (χ4v) is 1.14. The first-order valence-electron chi connectivity index (χ1n) is 2.94. The Morgan fingerprint density at radius 2 is 2.08 bits per heavy atom. The first-order valence-corrected chi connectivity index (χ1v) is 4.53. The molecule has 0 saturated carbocycles. The number of halogens is 2. The van der Waals surface area contributed by atoms with E-state index in [1.165, 1.54) is 12.3 Å². The van der Waals surface area contributed by atoms with Crippen LogP contribution in [0.5, 0.6) is 0 Å². The van der Waals surface area contributed by atoms with Gasteiger partial charge in [-0.25, -0.2) is 4.79 Å². The van der Waals surface area contributed by atoms with E-state index in [1.807, 2.05) is 0 Å². The van der Waals surface area contributed by atoms with Crippen LogP contribution in [0, 0.1) is 0 Å². The molecule has 0 aliphatic rings. The van der Waals surface area contributed by atoms with Crippen LogP contribution in [-0.2, 0) is 0 Å². The van der Waals surface area contributed by atoms with Crippen LogP contribution in [0.1, 0.15) is 5.56 Å². The molecular formula is C6H4Br2N2O2. The molecule has 0 fully saturated rings. The van der Waals surface area contributed by atoms with E-state index in [2.05, 4.69) is 41.8 Å². The van der Waals surface area contributed by atoms with Crippen LogP contribution < -0.4 is 11.2 Å². The zero-order valence-electron chi connectivity index (χ0n) is 5.73. The summed E-state index contributed by atoms with van der Waals surface area (Å²) in [6, 6.07) is 0. The standard InChI is InChI=1S/C6H4Br2N2O2/c7-4(8)1-3-2-9-6(12)10-5(3)11/h1-2H,(H2,9,10,11,12). The van der Waals surface area contributed by atoms with Crippen molar-refractivity contribution in [2.45, 2.75) is 0 Å². The Hall–Kier alpha value is -0.620. The summed E-state index contributed by atoms with van der Waals surface area (Å²) in [6.07, 6.45) is 2.87. The highest BCUT2D eigenvalue weighted by atomic mass is 79.9. The van der Waals surface area contributed by atoms with Gasteiger partial charge in [0.15, 0.2) is 0 Å². The minimum Gasteiger partial charge on any atom is -0.314 e. The Balaban J connectivity index is 3.29. The van der Waals surface area contributed by atoms with Gasteiger partial charge in [-0.05, 0) is 37.9 Å². The predicted octanol–water partition coefficient (Wildman–Crippen LogP) is 1.15. The third-order valence-electron chi connectivity index (χ3n) is 1.11. The van der Waals surface area contributed by atoms with Gasteiger partial charge in [-0.15, -0.1) is 0 Å². The molecule has 12 heavy (non-hydrogen) atoms. The summed E-state index contributed by atoms with van der Waals surface area (Å²) in [7, 11) is 0. The molecule has 0 amide bonds. The summed E-state index contributed by atoms with van der Waals surface area (Å²) in [4.78, 5) is 26.0. The molecule has 0 unspecified atom stereocenters. The third-order valence-corrected chi connectivity index (χ3v) is 1.57. The molecule has 0 atom stereocenters. The summed E-state index contributed by atoms with van der Waals surface area (Å²) >= 11 is 6.19. The molecule has 0 saturated heterocycles. The van der Waals surface area contributed by atoms with Crippen LogP contribution >= 0.6 is 31.9 Å². The van der Waals surface area contributed by atoms with Gasteiger partial charge in [0.25, 0.3) is 5.56 Å². The Morgan fingerprint density at radius 3 is 2.58 bits per heavy atom. The van der Waals surface area contributed by atoms with E-state index in [1.54, 1.807) is 0 Å². The van der Waals surface area contributed by atoms with Gasteiger partial charge in [0, 0.05) is 6.20 Å². The van der Waals surface area contributed by atoms with Crippen LogP contribution in [0.4, 0.5) is 0 Å². The van der Waals surface area contributed by atoms with Crippen LogP contribution in [0.3, 0.4) is 0 Å². The lowest BCUT2D eigenvalue weighted by molar-refractivity contribution is 1.03. The first kappa shape index (κ1) is 9.47. The fourth-order valence-electron chi connectivity index (χ4n) is 0.645. The Kier molecular flexibility index (Phi) is 3.05. The van der Waals surface area contributed by atoms with Crippen molar-refractivity contribution in [2.75, 3.05) is 0 Å². The van der Waals surface area contributed by atoms with E-state index in [0.717, 1.165) is 0 Å². The van der Waals surface area contributed by atoms with Crippen molar-refractivity contribution >= 4 is 37.9 Å². The maximum atomic E-state index is 11.0. The van der Waals surface area contributed by atoms with Gasteiger partial charge in [-0.3, -0.25) is 9.78 Å². The van der Waals surface area contributed by atoms with Crippen LogP contribution in [0.2, 0.25) is 0 Å².